The molecule has 0 radical (unpaired) electrons. The fraction of sp³-hybridized carbons (Fsp3) is 0.111. The first kappa shape index (κ1) is 15.6. The molecule has 0 aliphatic heterocycles. The van der Waals surface area contributed by atoms with Crippen LogP contribution in [-0.4, -0.2) is 26.3 Å². The molecule has 1 amide bonds. The minimum atomic E-state index is -0.427. The highest BCUT2D eigenvalue weighted by atomic mass is 16.5. The zero-order valence-electron chi connectivity index (χ0n) is 13.3. The van der Waals surface area contributed by atoms with E-state index in [2.05, 4.69) is 10.5 Å². The molecule has 0 atom stereocenters. The van der Waals surface area contributed by atoms with Crippen molar-refractivity contribution in [1.29, 1.82) is 0 Å². The van der Waals surface area contributed by atoms with Crippen molar-refractivity contribution in [2.45, 2.75) is 0 Å². The van der Waals surface area contributed by atoms with Gasteiger partial charge in [-0.1, -0.05) is 24.3 Å². The maximum atomic E-state index is 12.1. The number of carbonyl (C=O) groups excluding carboxylic acids is 1. The summed E-state index contributed by atoms with van der Waals surface area (Å²) in [6, 6.07) is 14.5. The molecule has 1 N–H and O–H groups in total. The number of amides is 1. The molecule has 122 valence electrons. The first-order chi connectivity index (χ1) is 11.7. The van der Waals surface area contributed by atoms with E-state index in [0.717, 1.165) is 5.39 Å². The number of rotatable bonds is 5. The molecule has 0 aliphatic carbocycles. The Morgan fingerprint density at radius 3 is 2.71 bits per heavy atom. The van der Waals surface area contributed by atoms with Crippen molar-refractivity contribution in [2.24, 2.45) is 5.10 Å². The van der Waals surface area contributed by atoms with E-state index >= 15 is 0 Å². The second-order valence-corrected chi connectivity index (χ2v) is 4.93. The number of furan rings is 1. The fourth-order valence-electron chi connectivity index (χ4n) is 2.32. The summed E-state index contributed by atoms with van der Waals surface area (Å²) in [7, 11) is 3.10. The van der Waals surface area contributed by atoms with Gasteiger partial charge in [-0.25, -0.2) is 5.43 Å². The number of nitrogens with zero attached hydrogens (tertiary/aromatic N) is 1. The Morgan fingerprint density at radius 2 is 1.96 bits per heavy atom. The molecule has 24 heavy (non-hydrogen) atoms. The van der Waals surface area contributed by atoms with Gasteiger partial charge in [-0.3, -0.25) is 4.79 Å². The second kappa shape index (κ2) is 6.87. The standard InChI is InChI=1S/C18H16N2O4/c1-22-15-9-5-7-13(17(15)23-2)11-19-20-18(21)16-10-12-6-3-4-8-14(12)24-16/h3-11H,1-2H3,(H,20,21)/b19-11-. The van der Waals surface area contributed by atoms with Gasteiger partial charge in [0.05, 0.1) is 20.4 Å². The lowest BCUT2D eigenvalue weighted by Crippen LogP contribution is -2.16. The van der Waals surface area contributed by atoms with Crippen LogP contribution in [0.25, 0.3) is 11.0 Å². The SMILES string of the molecule is COc1cccc(/C=N\NC(=O)c2cc3ccccc3o2)c1OC. The first-order valence-corrected chi connectivity index (χ1v) is 7.26. The molecule has 2 aromatic carbocycles. The highest BCUT2D eigenvalue weighted by molar-refractivity contribution is 5.96. The molecule has 0 aliphatic rings. The van der Waals surface area contributed by atoms with Crippen molar-refractivity contribution < 1.29 is 18.7 Å². The summed E-state index contributed by atoms with van der Waals surface area (Å²) >= 11 is 0. The molecule has 1 aromatic heterocycles. The van der Waals surface area contributed by atoms with Crippen molar-refractivity contribution in [1.82, 2.24) is 5.43 Å². The van der Waals surface area contributed by atoms with E-state index in [1.807, 2.05) is 24.3 Å². The smallest absolute Gasteiger partial charge is 0.307 e. The Hall–Kier alpha value is -3.28. The van der Waals surface area contributed by atoms with Crippen molar-refractivity contribution in [3.8, 4) is 11.5 Å². The van der Waals surface area contributed by atoms with Crippen molar-refractivity contribution in [3.63, 3.8) is 0 Å². The van der Waals surface area contributed by atoms with Gasteiger partial charge in [-0.2, -0.15) is 5.10 Å². The van der Waals surface area contributed by atoms with Gasteiger partial charge in [-0.15, -0.1) is 0 Å². The number of benzene rings is 2. The third-order valence-corrected chi connectivity index (χ3v) is 3.45. The monoisotopic (exact) mass is 324 g/mol. The Labute approximate surface area is 138 Å². The van der Waals surface area contributed by atoms with Crippen LogP contribution in [0.15, 0.2) is 58.0 Å². The summed E-state index contributed by atoms with van der Waals surface area (Å²) in [4.78, 5) is 12.1. The van der Waals surface area contributed by atoms with Gasteiger partial charge in [0.2, 0.25) is 0 Å². The van der Waals surface area contributed by atoms with Crippen LogP contribution >= 0.6 is 0 Å². The predicted molar refractivity (Wildman–Crippen MR) is 90.8 cm³/mol. The lowest BCUT2D eigenvalue weighted by Gasteiger charge is -2.09. The summed E-state index contributed by atoms with van der Waals surface area (Å²) in [5.74, 6) is 0.905. The van der Waals surface area contributed by atoms with Gasteiger partial charge in [-0.05, 0) is 24.3 Å². The van der Waals surface area contributed by atoms with E-state index in [0.29, 0.717) is 22.6 Å². The Morgan fingerprint density at radius 1 is 1.12 bits per heavy atom. The molecule has 0 unspecified atom stereocenters. The zero-order chi connectivity index (χ0) is 16.9. The molecule has 0 saturated heterocycles. The van der Waals surface area contributed by atoms with Crippen LogP contribution in [0.1, 0.15) is 16.1 Å². The lowest BCUT2D eigenvalue weighted by molar-refractivity contribution is 0.0929. The molecular weight excluding hydrogens is 308 g/mol. The molecule has 0 spiro atoms. The van der Waals surface area contributed by atoms with E-state index in [1.54, 1.807) is 38.5 Å². The van der Waals surface area contributed by atoms with Crippen molar-refractivity contribution in [2.75, 3.05) is 14.2 Å². The highest BCUT2D eigenvalue weighted by Crippen LogP contribution is 2.29. The molecule has 3 rings (SSSR count). The molecule has 0 fully saturated rings. The largest absolute Gasteiger partial charge is 0.493 e. The van der Waals surface area contributed by atoms with Crippen molar-refractivity contribution in [3.05, 3.63) is 59.9 Å². The average molecular weight is 324 g/mol. The summed E-state index contributed by atoms with van der Waals surface area (Å²) in [6.45, 7) is 0. The minimum Gasteiger partial charge on any atom is -0.493 e. The van der Waals surface area contributed by atoms with E-state index < -0.39 is 5.91 Å². The number of para-hydroxylation sites is 2. The van der Waals surface area contributed by atoms with E-state index in [-0.39, 0.29) is 5.76 Å². The van der Waals surface area contributed by atoms with Crippen LogP contribution in [0, 0.1) is 0 Å². The van der Waals surface area contributed by atoms with Gasteiger partial charge in [0.15, 0.2) is 17.3 Å². The van der Waals surface area contributed by atoms with Crippen LogP contribution in [0.2, 0.25) is 0 Å². The minimum absolute atomic E-state index is 0.200. The van der Waals surface area contributed by atoms with Crippen LogP contribution in [-0.2, 0) is 0 Å². The van der Waals surface area contributed by atoms with Gasteiger partial charge in [0.1, 0.15) is 5.58 Å². The summed E-state index contributed by atoms with van der Waals surface area (Å²) in [6.07, 6.45) is 1.49. The molecule has 6 heteroatoms. The third kappa shape index (κ3) is 3.08. The normalized spacial score (nSPS) is 10.9. The average Bonchev–Trinajstić information content (AvgIpc) is 3.05. The van der Waals surface area contributed by atoms with E-state index in [1.165, 1.54) is 6.21 Å². The van der Waals surface area contributed by atoms with Crippen LogP contribution < -0.4 is 14.9 Å². The molecule has 3 aromatic rings. The highest BCUT2D eigenvalue weighted by Gasteiger charge is 2.11. The molecule has 1 heterocycles. The number of ether oxygens (including phenoxy) is 2. The quantitative estimate of drug-likeness (QED) is 0.578. The van der Waals surface area contributed by atoms with E-state index in [9.17, 15) is 4.79 Å². The Bertz CT molecular complexity index is 866. The zero-order valence-corrected chi connectivity index (χ0v) is 13.3. The summed E-state index contributed by atoms with van der Waals surface area (Å²) < 4.78 is 16.0. The first-order valence-electron chi connectivity index (χ1n) is 7.26. The molecule has 6 nitrogen and oxygen atoms in total. The number of carbonyl (C=O) groups is 1. The van der Waals surface area contributed by atoms with E-state index in [4.69, 9.17) is 13.9 Å². The summed E-state index contributed by atoms with van der Waals surface area (Å²) in [5.41, 5.74) is 3.77. The number of methoxy groups -OCH3 is 2. The second-order valence-electron chi connectivity index (χ2n) is 4.93. The van der Waals surface area contributed by atoms with Crippen molar-refractivity contribution >= 4 is 23.1 Å². The third-order valence-electron chi connectivity index (χ3n) is 3.45. The van der Waals surface area contributed by atoms with Gasteiger partial charge in [0, 0.05) is 10.9 Å². The number of fused-ring (bicyclic) bond motifs is 1. The van der Waals surface area contributed by atoms with Gasteiger partial charge < -0.3 is 13.9 Å². The lowest BCUT2D eigenvalue weighted by atomic mass is 10.2. The molecule has 0 bridgehead atoms. The van der Waals surface area contributed by atoms with Crippen LogP contribution in [0.4, 0.5) is 0 Å². The van der Waals surface area contributed by atoms with Gasteiger partial charge >= 0.3 is 5.91 Å². The Balaban J connectivity index is 1.75. The van der Waals surface area contributed by atoms with Crippen LogP contribution in [0.3, 0.4) is 0 Å². The number of hydrogen-bond donors (Lipinski definition) is 1. The van der Waals surface area contributed by atoms with Gasteiger partial charge in [0.25, 0.3) is 0 Å². The number of nitrogens with one attached hydrogen (secondary N) is 1. The Kier molecular flexibility index (Phi) is 4.47. The fourth-order valence-corrected chi connectivity index (χ4v) is 2.32. The predicted octanol–water partition coefficient (Wildman–Crippen LogP) is 3.21. The maximum Gasteiger partial charge on any atom is 0.307 e. The molecular formula is C18H16N2O4. The summed E-state index contributed by atoms with van der Waals surface area (Å²) in [5, 5.41) is 4.81. The number of hydrogen-bond acceptors (Lipinski definition) is 5. The molecule has 0 saturated carbocycles. The number of hydrazone groups is 1. The van der Waals surface area contributed by atoms with Crippen LogP contribution in [0.5, 0.6) is 11.5 Å². The maximum absolute atomic E-state index is 12.1. The topological polar surface area (TPSA) is 73.1 Å².